The summed E-state index contributed by atoms with van der Waals surface area (Å²) in [6, 6.07) is 12.2. The summed E-state index contributed by atoms with van der Waals surface area (Å²) >= 11 is 0. The van der Waals surface area contributed by atoms with E-state index >= 15 is 0 Å². The molecule has 3 rings (SSSR count). The topological polar surface area (TPSA) is 61.8 Å². The Morgan fingerprint density at radius 2 is 1.90 bits per heavy atom. The highest BCUT2D eigenvalue weighted by atomic mass is 16.5. The minimum absolute atomic E-state index is 0.00412. The smallest absolute Gasteiger partial charge is 0.251 e. The molecule has 0 radical (unpaired) electrons. The first-order chi connectivity index (χ1) is 14.3. The molecule has 162 valence electrons. The van der Waals surface area contributed by atoms with Gasteiger partial charge in [0.05, 0.1) is 6.10 Å². The zero-order chi connectivity index (χ0) is 21.8. The van der Waals surface area contributed by atoms with Gasteiger partial charge in [-0.1, -0.05) is 23.8 Å². The van der Waals surface area contributed by atoms with Crippen molar-refractivity contribution in [2.45, 2.75) is 46.8 Å². The van der Waals surface area contributed by atoms with Gasteiger partial charge in [0.15, 0.2) is 0 Å². The van der Waals surface area contributed by atoms with E-state index < -0.39 is 6.10 Å². The SMILES string of the molecule is Cc1cccc(C(=O)NCC2CN(C(C)c3ccc(OC[C@@H](C)O)c(C)c3C)C2)c1. The van der Waals surface area contributed by atoms with Crippen molar-refractivity contribution in [1.29, 1.82) is 0 Å². The van der Waals surface area contributed by atoms with Crippen LogP contribution >= 0.6 is 0 Å². The Balaban J connectivity index is 1.52. The van der Waals surface area contributed by atoms with Crippen LogP contribution in [-0.4, -0.2) is 48.3 Å². The lowest BCUT2D eigenvalue weighted by Crippen LogP contribution is -2.52. The Morgan fingerprint density at radius 1 is 1.17 bits per heavy atom. The average Bonchev–Trinajstić information content (AvgIpc) is 2.67. The van der Waals surface area contributed by atoms with E-state index in [-0.39, 0.29) is 5.91 Å². The molecular weight excluding hydrogens is 376 g/mol. The Kier molecular flexibility index (Phi) is 7.16. The highest BCUT2D eigenvalue weighted by molar-refractivity contribution is 5.94. The van der Waals surface area contributed by atoms with Gasteiger partial charge in [-0.3, -0.25) is 9.69 Å². The van der Waals surface area contributed by atoms with Crippen molar-refractivity contribution in [3.8, 4) is 5.75 Å². The minimum atomic E-state index is -0.479. The van der Waals surface area contributed by atoms with E-state index in [9.17, 15) is 9.90 Å². The maximum Gasteiger partial charge on any atom is 0.251 e. The molecule has 0 spiro atoms. The van der Waals surface area contributed by atoms with Crippen LogP contribution in [-0.2, 0) is 0 Å². The van der Waals surface area contributed by atoms with Gasteiger partial charge in [-0.25, -0.2) is 0 Å². The molecule has 2 aromatic carbocycles. The van der Waals surface area contributed by atoms with E-state index in [0.717, 1.165) is 35.5 Å². The number of aliphatic hydroxyl groups excluding tert-OH is 1. The predicted octanol–water partition coefficient (Wildman–Crippen LogP) is 3.79. The van der Waals surface area contributed by atoms with Crippen molar-refractivity contribution in [2.24, 2.45) is 5.92 Å². The number of amides is 1. The molecule has 1 unspecified atom stereocenters. The second-order valence-corrected chi connectivity index (χ2v) is 8.64. The summed E-state index contributed by atoms with van der Waals surface area (Å²) in [5.41, 5.74) is 5.49. The second kappa shape index (κ2) is 9.63. The summed E-state index contributed by atoms with van der Waals surface area (Å²) in [7, 11) is 0. The fourth-order valence-electron chi connectivity index (χ4n) is 4.01. The van der Waals surface area contributed by atoms with E-state index in [4.69, 9.17) is 4.74 Å². The van der Waals surface area contributed by atoms with Gasteiger partial charge in [-0.05, 0) is 69.5 Å². The third-order valence-corrected chi connectivity index (χ3v) is 6.07. The highest BCUT2D eigenvalue weighted by Gasteiger charge is 2.32. The van der Waals surface area contributed by atoms with Crippen LogP contribution < -0.4 is 10.1 Å². The first kappa shape index (κ1) is 22.3. The van der Waals surface area contributed by atoms with Gasteiger partial charge in [0.25, 0.3) is 5.91 Å². The first-order valence-corrected chi connectivity index (χ1v) is 10.8. The van der Waals surface area contributed by atoms with Crippen LogP contribution in [0.1, 0.15) is 52.5 Å². The summed E-state index contributed by atoms with van der Waals surface area (Å²) in [5, 5.41) is 12.5. The van der Waals surface area contributed by atoms with Crippen LogP contribution in [0.3, 0.4) is 0 Å². The highest BCUT2D eigenvalue weighted by Crippen LogP contribution is 2.34. The molecule has 5 heteroatoms. The molecule has 0 aromatic heterocycles. The third kappa shape index (κ3) is 5.21. The molecule has 30 heavy (non-hydrogen) atoms. The lowest BCUT2D eigenvalue weighted by Gasteiger charge is -2.44. The van der Waals surface area contributed by atoms with E-state index in [2.05, 4.69) is 37.1 Å². The molecule has 1 aliphatic heterocycles. The molecule has 1 saturated heterocycles. The number of likely N-dealkylation sites (tertiary alicyclic amines) is 1. The molecule has 2 atom stereocenters. The zero-order valence-electron chi connectivity index (χ0n) is 18.7. The van der Waals surface area contributed by atoms with Crippen molar-refractivity contribution in [3.05, 3.63) is 64.2 Å². The Hall–Kier alpha value is -2.37. The molecule has 1 fully saturated rings. The minimum Gasteiger partial charge on any atom is -0.491 e. The normalized spacial score (nSPS) is 16.6. The van der Waals surface area contributed by atoms with Crippen molar-refractivity contribution >= 4 is 5.91 Å². The van der Waals surface area contributed by atoms with E-state index in [1.165, 1.54) is 11.1 Å². The molecule has 5 nitrogen and oxygen atoms in total. The summed E-state index contributed by atoms with van der Waals surface area (Å²) < 4.78 is 5.73. The molecular formula is C25H34N2O3. The number of nitrogens with one attached hydrogen (secondary N) is 1. The van der Waals surface area contributed by atoms with Gasteiger partial charge in [0.2, 0.25) is 0 Å². The number of benzene rings is 2. The van der Waals surface area contributed by atoms with E-state index in [0.29, 0.717) is 25.1 Å². The van der Waals surface area contributed by atoms with Crippen LogP contribution in [0.5, 0.6) is 5.75 Å². The van der Waals surface area contributed by atoms with Gasteiger partial charge < -0.3 is 15.2 Å². The quantitative estimate of drug-likeness (QED) is 0.695. The van der Waals surface area contributed by atoms with Gasteiger partial charge >= 0.3 is 0 Å². The maximum atomic E-state index is 12.3. The summed E-state index contributed by atoms with van der Waals surface area (Å²) in [4.78, 5) is 14.8. The van der Waals surface area contributed by atoms with Gasteiger partial charge in [-0.15, -0.1) is 0 Å². The van der Waals surface area contributed by atoms with Gasteiger partial charge in [0.1, 0.15) is 12.4 Å². The molecule has 0 saturated carbocycles. The van der Waals surface area contributed by atoms with E-state index in [1.54, 1.807) is 6.92 Å². The number of rotatable bonds is 8. The monoisotopic (exact) mass is 410 g/mol. The number of nitrogens with zero attached hydrogens (tertiary/aromatic N) is 1. The average molecular weight is 411 g/mol. The standard InChI is InChI=1S/C25H34N2O3/c1-16-7-6-8-22(11-16)25(29)26-12-21-13-27(14-21)20(5)23-9-10-24(19(4)18(23)3)30-15-17(2)28/h6-11,17,20-21,28H,12-15H2,1-5H3,(H,26,29)/t17-,20?/m1/s1. The van der Waals surface area contributed by atoms with Crippen molar-refractivity contribution in [2.75, 3.05) is 26.2 Å². The van der Waals surface area contributed by atoms with Crippen LogP contribution in [0.25, 0.3) is 0 Å². The Bertz CT molecular complexity index is 888. The summed E-state index contributed by atoms with van der Waals surface area (Å²) in [5.74, 6) is 1.32. The largest absolute Gasteiger partial charge is 0.491 e. The number of hydrogen-bond donors (Lipinski definition) is 2. The van der Waals surface area contributed by atoms with Gasteiger partial charge in [0, 0.05) is 37.2 Å². The van der Waals surface area contributed by atoms with Crippen LogP contribution in [0.2, 0.25) is 0 Å². The van der Waals surface area contributed by atoms with E-state index in [1.807, 2.05) is 37.3 Å². The van der Waals surface area contributed by atoms with Crippen molar-refractivity contribution < 1.29 is 14.6 Å². The second-order valence-electron chi connectivity index (χ2n) is 8.64. The molecule has 2 N–H and O–H groups in total. The number of carbonyl (C=O) groups is 1. The zero-order valence-corrected chi connectivity index (χ0v) is 18.7. The fraction of sp³-hybridized carbons (Fsp3) is 0.480. The molecule has 0 aliphatic carbocycles. The molecule has 0 bridgehead atoms. The van der Waals surface area contributed by atoms with Crippen molar-refractivity contribution in [1.82, 2.24) is 10.2 Å². The maximum absolute atomic E-state index is 12.3. The molecule has 2 aromatic rings. The van der Waals surface area contributed by atoms with Crippen LogP contribution in [0.4, 0.5) is 0 Å². The fourth-order valence-corrected chi connectivity index (χ4v) is 4.01. The molecule has 1 aliphatic rings. The number of aryl methyl sites for hydroxylation is 1. The van der Waals surface area contributed by atoms with Crippen LogP contribution in [0, 0.1) is 26.7 Å². The van der Waals surface area contributed by atoms with Gasteiger partial charge in [-0.2, -0.15) is 0 Å². The lowest BCUT2D eigenvalue weighted by atomic mass is 9.91. The predicted molar refractivity (Wildman–Crippen MR) is 120 cm³/mol. The van der Waals surface area contributed by atoms with Crippen LogP contribution in [0.15, 0.2) is 36.4 Å². The van der Waals surface area contributed by atoms with Crippen molar-refractivity contribution in [3.63, 3.8) is 0 Å². The molecule has 1 amide bonds. The summed E-state index contributed by atoms with van der Waals surface area (Å²) in [6.07, 6.45) is -0.479. The third-order valence-electron chi connectivity index (χ3n) is 6.07. The number of ether oxygens (including phenoxy) is 1. The summed E-state index contributed by atoms with van der Waals surface area (Å²) in [6.45, 7) is 13.1. The number of hydrogen-bond acceptors (Lipinski definition) is 4. The number of aliphatic hydroxyl groups is 1. The molecule has 1 heterocycles. The Labute approximate surface area is 180 Å². The first-order valence-electron chi connectivity index (χ1n) is 10.8. The Morgan fingerprint density at radius 3 is 2.57 bits per heavy atom. The lowest BCUT2D eigenvalue weighted by molar-refractivity contribution is 0.0569. The number of carbonyl (C=O) groups excluding carboxylic acids is 1.